The lowest BCUT2D eigenvalue weighted by molar-refractivity contribution is -0.137. The second-order valence-corrected chi connectivity index (χ2v) is 5.89. The van der Waals surface area contributed by atoms with Gasteiger partial charge in [-0.3, -0.25) is 0 Å². The van der Waals surface area contributed by atoms with Gasteiger partial charge in [0.25, 0.3) is 0 Å². The van der Waals surface area contributed by atoms with Crippen LogP contribution in [0.3, 0.4) is 0 Å². The number of hydrogen-bond acceptors (Lipinski definition) is 3. The van der Waals surface area contributed by atoms with Crippen LogP contribution in [0.2, 0.25) is 0 Å². The van der Waals surface area contributed by atoms with Gasteiger partial charge in [-0.25, -0.2) is 4.98 Å². The number of halogens is 5. The molecular weight excluding hydrogens is 415 g/mol. The molecule has 0 aliphatic rings. The summed E-state index contributed by atoms with van der Waals surface area (Å²) < 4.78 is 40.1. The average Bonchev–Trinajstić information content (AvgIpc) is 2.40. The van der Waals surface area contributed by atoms with E-state index in [0.29, 0.717) is 10.2 Å². The average molecular weight is 425 g/mol. The van der Waals surface area contributed by atoms with Crippen LogP contribution in [0.1, 0.15) is 5.56 Å². The Bertz CT molecular complexity index is 660. The largest absolute Gasteiger partial charge is 0.416 e. The lowest BCUT2D eigenvalue weighted by Gasteiger charge is -2.13. The Labute approximate surface area is 136 Å². The number of benzene rings is 1. The second kappa shape index (κ2) is 6.23. The van der Waals surface area contributed by atoms with Crippen molar-refractivity contribution in [2.45, 2.75) is 6.18 Å². The van der Waals surface area contributed by atoms with Crippen LogP contribution in [0.5, 0.6) is 0 Å². The smallest absolute Gasteiger partial charge is 0.373 e. The summed E-state index contributed by atoms with van der Waals surface area (Å²) in [5.74, 6) is 0.248. The minimum Gasteiger partial charge on any atom is -0.373 e. The fourth-order valence-corrected chi connectivity index (χ4v) is 2.76. The molecule has 1 aromatic heterocycles. The third-order valence-electron chi connectivity index (χ3n) is 2.60. The first-order chi connectivity index (χ1) is 9.79. The van der Waals surface area contributed by atoms with E-state index in [4.69, 9.17) is 0 Å². The number of alkyl halides is 3. The van der Waals surface area contributed by atoms with Crippen LogP contribution >= 0.6 is 31.9 Å². The summed E-state index contributed by atoms with van der Waals surface area (Å²) in [6, 6.07) is 7.22. The van der Waals surface area contributed by atoms with Crippen molar-refractivity contribution >= 4 is 49.2 Å². The predicted octanol–water partition coefficient (Wildman–Crippen LogP) is 5.41. The van der Waals surface area contributed by atoms with Gasteiger partial charge in [-0.1, -0.05) is 15.9 Å². The monoisotopic (exact) mass is 423 g/mol. The summed E-state index contributed by atoms with van der Waals surface area (Å²) in [6.45, 7) is 0. The van der Waals surface area contributed by atoms with E-state index in [0.717, 1.165) is 16.6 Å². The standard InChI is InChI=1S/C13H10Br2F3N3/c1-19-11-4-7(13(16,17)18)5-12(21-11)20-10-3-2-8(14)6-9(10)15/h2-6H,1H3,(H2,19,20,21). The number of hydrogen-bond donors (Lipinski definition) is 2. The zero-order chi connectivity index (χ0) is 15.6. The zero-order valence-electron chi connectivity index (χ0n) is 10.7. The summed E-state index contributed by atoms with van der Waals surface area (Å²) in [5, 5.41) is 5.49. The van der Waals surface area contributed by atoms with Crippen LogP contribution < -0.4 is 10.6 Å². The molecule has 21 heavy (non-hydrogen) atoms. The summed E-state index contributed by atoms with van der Waals surface area (Å²) in [5.41, 5.74) is -0.148. The Hall–Kier alpha value is -1.28. The van der Waals surface area contributed by atoms with Gasteiger partial charge in [0, 0.05) is 16.0 Å². The van der Waals surface area contributed by atoms with Gasteiger partial charge >= 0.3 is 6.18 Å². The maximum atomic E-state index is 12.9. The highest BCUT2D eigenvalue weighted by atomic mass is 79.9. The van der Waals surface area contributed by atoms with Gasteiger partial charge in [0.2, 0.25) is 0 Å². The molecule has 0 spiro atoms. The van der Waals surface area contributed by atoms with Gasteiger partial charge in [-0.2, -0.15) is 13.2 Å². The summed E-state index contributed by atoms with van der Waals surface area (Å²) >= 11 is 6.65. The van der Waals surface area contributed by atoms with Crippen LogP contribution in [-0.4, -0.2) is 12.0 Å². The Kier molecular flexibility index (Phi) is 4.77. The molecule has 2 aromatic rings. The lowest BCUT2D eigenvalue weighted by Crippen LogP contribution is -2.08. The van der Waals surface area contributed by atoms with E-state index in [2.05, 4.69) is 47.5 Å². The molecule has 0 aliphatic heterocycles. The van der Waals surface area contributed by atoms with Crippen LogP contribution in [-0.2, 0) is 6.18 Å². The molecule has 2 rings (SSSR count). The summed E-state index contributed by atoms with van der Waals surface area (Å²) in [4.78, 5) is 4.07. The number of anilines is 3. The molecule has 2 N–H and O–H groups in total. The van der Waals surface area contributed by atoms with Crippen molar-refractivity contribution in [3.63, 3.8) is 0 Å². The molecule has 8 heteroatoms. The number of pyridine rings is 1. The van der Waals surface area contributed by atoms with Crippen molar-refractivity contribution in [3.05, 3.63) is 44.8 Å². The van der Waals surface area contributed by atoms with E-state index in [9.17, 15) is 13.2 Å². The first kappa shape index (κ1) is 16.1. The quantitative estimate of drug-likeness (QED) is 0.691. The first-order valence-electron chi connectivity index (χ1n) is 5.78. The van der Waals surface area contributed by atoms with E-state index in [1.165, 1.54) is 7.05 Å². The molecule has 3 nitrogen and oxygen atoms in total. The summed E-state index contributed by atoms with van der Waals surface area (Å²) in [6.07, 6.45) is -4.43. The third kappa shape index (κ3) is 4.10. The van der Waals surface area contributed by atoms with E-state index in [-0.39, 0.29) is 11.6 Å². The van der Waals surface area contributed by atoms with Crippen LogP contribution in [0.4, 0.5) is 30.5 Å². The van der Waals surface area contributed by atoms with Crippen LogP contribution in [0.15, 0.2) is 39.3 Å². The molecule has 0 fully saturated rings. The molecule has 0 atom stereocenters. The minimum atomic E-state index is -4.43. The zero-order valence-corrected chi connectivity index (χ0v) is 13.9. The van der Waals surface area contributed by atoms with Crippen molar-refractivity contribution in [3.8, 4) is 0 Å². The minimum absolute atomic E-state index is 0.109. The van der Waals surface area contributed by atoms with Crippen LogP contribution in [0, 0.1) is 0 Å². The van der Waals surface area contributed by atoms with Crippen molar-refractivity contribution in [2.24, 2.45) is 0 Å². The molecule has 0 bridgehead atoms. The van der Waals surface area contributed by atoms with Gasteiger partial charge < -0.3 is 10.6 Å². The molecule has 0 saturated carbocycles. The highest BCUT2D eigenvalue weighted by Crippen LogP contribution is 2.34. The maximum absolute atomic E-state index is 12.9. The van der Waals surface area contributed by atoms with Gasteiger partial charge in [-0.05, 0) is 46.3 Å². The summed E-state index contributed by atoms with van der Waals surface area (Å²) in [7, 11) is 1.52. The SMILES string of the molecule is CNc1cc(C(F)(F)F)cc(Nc2ccc(Br)cc2Br)n1. The molecule has 0 radical (unpaired) electrons. The fraction of sp³-hybridized carbons (Fsp3) is 0.154. The van der Waals surface area contributed by atoms with E-state index < -0.39 is 11.7 Å². The molecule has 0 saturated heterocycles. The normalized spacial score (nSPS) is 11.3. The predicted molar refractivity (Wildman–Crippen MR) is 83.9 cm³/mol. The van der Waals surface area contributed by atoms with Crippen molar-refractivity contribution in [1.82, 2.24) is 4.98 Å². The molecule has 112 valence electrons. The van der Waals surface area contributed by atoms with E-state index in [1.807, 2.05) is 0 Å². The third-order valence-corrected chi connectivity index (χ3v) is 3.75. The molecule has 0 amide bonds. The van der Waals surface area contributed by atoms with Gasteiger partial charge in [0.05, 0.1) is 11.3 Å². The Morgan fingerprint density at radius 1 is 1.05 bits per heavy atom. The van der Waals surface area contributed by atoms with Gasteiger partial charge in [-0.15, -0.1) is 0 Å². The Morgan fingerprint density at radius 3 is 2.29 bits per heavy atom. The molecular formula is C13H10Br2F3N3. The first-order valence-corrected chi connectivity index (χ1v) is 7.37. The molecule has 0 unspecified atom stereocenters. The topological polar surface area (TPSA) is 37.0 Å². The van der Waals surface area contributed by atoms with Gasteiger partial charge in [0.1, 0.15) is 11.6 Å². The fourth-order valence-electron chi connectivity index (χ4n) is 1.62. The number of aromatic nitrogens is 1. The highest BCUT2D eigenvalue weighted by Gasteiger charge is 2.31. The molecule has 1 heterocycles. The maximum Gasteiger partial charge on any atom is 0.416 e. The van der Waals surface area contributed by atoms with Crippen molar-refractivity contribution in [2.75, 3.05) is 17.7 Å². The van der Waals surface area contributed by atoms with Gasteiger partial charge in [0.15, 0.2) is 0 Å². The molecule has 1 aromatic carbocycles. The molecule has 0 aliphatic carbocycles. The number of rotatable bonds is 3. The van der Waals surface area contributed by atoms with Crippen molar-refractivity contribution < 1.29 is 13.2 Å². The lowest BCUT2D eigenvalue weighted by atomic mass is 10.2. The van der Waals surface area contributed by atoms with E-state index in [1.54, 1.807) is 18.2 Å². The second-order valence-electron chi connectivity index (χ2n) is 4.12. The van der Waals surface area contributed by atoms with E-state index >= 15 is 0 Å². The highest BCUT2D eigenvalue weighted by molar-refractivity contribution is 9.11. The number of nitrogens with one attached hydrogen (secondary N) is 2. The Morgan fingerprint density at radius 2 is 1.71 bits per heavy atom. The Balaban J connectivity index is 2.39. The van der Waals surface area contributed by atoms with Crippen LogP contribution in [0.25, 0.3) is 0 Å². The van der Waals surface area contributed by atoms with Crippen molar-refractivity contribution in [1.29, 1.82) is 0 Å². The number of nitrogens with zero attached hydrogens (tertiary/aromatic N) is 1.